The summed E-state index contributed by atoms with van der Waals surface area (Å²) in [5.41, 5.74) is 2.66. The molecular weight excluding hydrogens is 210 g/mol. The van der Waals surface area contributed by atoms with Crippen molar-refractivity contribution >= 4 is 0 Å². The monoisotopic (exact) mass is 235 g/mol. The van der Waals surface area contributed by atoms with Gasteiger partial charge in [-0.25, -0.2) is 0 Å². The molecule has 0 heterocycles. The van der Waals surface area contributed by atoms with Gasteiger partial charge in [-0.15, -0.1) is 0 Å². The van der Waals surface area contributed by atoms with Crippen LogP contribution in [0.25, 0.3) is 0 Å². The van der Waals surface area contributed by atoms with Gasteiger partial charge in [0.25, 0.3) is 0 Å². The van der Waals surface area contributed by atoms with Gasteiger partial charge in [-0.2, -0.15) is 0 Å². The van der Waals surface area contributed by atoms with Gasteiger partial charge in [-0.1, -0.05) is 36.8 Å². The van der Waals surface area contributed by atoms with E-state index in [0.29, 0.717) is 12.1 Å². The van der Waals surface area contributed by atoms with Gasteiger partial charge < -0.3 is 10.4 Å². The van der Waals surface area contributed by atoms with Gasteiger partial charge >= 0.3 is 0 Å². The molecule has 17 heavy (non-hydrogen) atoms. The number of rotatable bonds is 7. The molecular formula is C15H25NO. The molecule has 0 aliphatic heterocycles. The molecule has 2 heteroatoms. The molecule has 1 aromatic carbocycles. The summed E-state index contributed by atoms with van der Waals surface area (Å²) in [7, 11) is 0. The van der Waals surface area contributed by atoms with Crippen LogP contribution in [0.15, 0.2) is 24.3 Å². The minimum atomic E-state index is 0.285. The first kappa shape index (κ1) is 14.2. The maximum atomic E-state index is 8.83. The molecule has 96 valence electrons. The van der Waals surface area contributed by atoms with Gasteiger partial charge in [0.15, 0.2) is 0 Å². The fourth-order valence-electron chi connectivity index (χ4n) is 2.07. The number of hydrogen-bond acceptors (Lipinski definition) is 2. The van der Waals surface area contributed by atoms with E-state index in [0.717, 1.165) is 19.3 Å². The van der Waals surface area contributed by atoms with Gasteiger partial charge in [0, 0.05) is 18.7 Å². The van der Waals surface area contributed by atoms with Crippen molar-refractivity contribution in [3.63, 3.8) is 0 Å². The average molecular weight is 235 g/mol. The van der Waals surface area contributed by atoms with Gasteiger partial charge in [-0.3, -0.25) is 0 Å². The maximum absolute atomic E-state index is 8.83. The van der Waals surface area contributed by atoms with E-state index in [-0.39, 0.29) is 6.61 Å². The van der Waals surface area contributed by atoms with Crippen LogP contribution in [0.2, 0.25) is 0 Å². The lowest BCUT2D eigenvalue weighted by Gasteiger charge is -2.22. The third kappa shape index (κ3) is 4.88. The SMILES string of the molecule is CCC(NC(C)CCCO)c1ccc(C)cc1. The topological polar surface area (TPSA) is 32.3 Å². The maximum Gasteiger partial charge on any atom is 0.0431 e. The smallest absolute Gasteiger partial charge is 0.0431 e. The molecule has 0 radical (unpaired) electrons. The fourth-order valence-corrected chi connectivity index (χ4v) is 2.07. The van der Waals surface area contributed by atoms with Gasteiger partial charge in [-0.05, 0) is 38.7 Å². The van der Waals surface area contributed by atoms with E-state index in [9.17, 15) is 0 Å². The third-order valence-electron chi connectivity index (χ3n) is 3.17. The van der Waals surface area contributed by atoms with Crippen LogP contribution < -0.4 is 5.32 Å². The first-order chi connectivity index (χ1) is 8.17. The molecule has 1 rings (SSSR count). The standard InChI is InChI=1S/C15H25NO/c1-4-15(16-13(3)6-5-11-17)14-9-7-12(2)8-10-14/h7-10,13,15-17H,4-6,11H2,1-3H3. The summed E-state index contributed by atoms with van der Waals surface area (Å²) in [6.07, 6.45) is 2.99. The van der Waals surface area contributed by atoms with Crippen LogP contribution in [0.5, 0.6) is 0 Å². The van der Waals surface area contributed by atoms with Crippen LogP contribution in [0.4, 0.5) is 0 Å². The minimum Gasteiger partial charge on any atom is -0.396 e. The van der Waals surface area contributed by atoms with Crippen LogP contribution in [0.1, 0.15) is 50.3 Å². The van der Waals surface area contributed by atoms with Crippen molar-refractivity contribution in [3.05, 3.63) is 35.4 Å². The summed E-state index contributed by atoms with van der Waals surface area (Å²) in [6, 6.07) is 9.61. The number of benzene rings is 1. The van der Waals surface area contributed by atoms with E-state index in [4.69, 9.17) is 5.11 Å². The number of aliphatic hydroxyl groups is 1. The molecule has 2 atom stereocenters. The number of hydrogen-bond donors (Lipinski definition) is 2. The van der Waals surface area contributed by atoms with E-state index >= 15 is 0 Å². The van der Waals surface area contributed by atoms with E-state index in [2.05, 4.69) is 50.4 Å². The van der Waals surface area contributed by atoms with Gasteiger partial charge in [0.2, 0.25) is 0 Å². The second-order valence-corrected chi connectivity index (χ2v) is 4.81. The van der Waals surface area contributed by atoms with Crippen LogP contribution in [-0.4, -0.2) is 17.8 Å². The van der Waals surface area contributed by atoms with Crippen LogP contribution >= 0.6 is 0 Å². The average Bonchev–Trinajstić information content (AvgIpc) is 2.34. The normalized spacial score (nSPS) is 14.6. The molecule has 0 bridgehead atoms. The van der Waals surface area contributed by atoms with Crippen molar-refractivity contribution in [1.82, 2.24) is 5.32 Å². The fraction of sp³-hybridized carbons (Fsp3) is 0.600. The Hall–Kier alpha value is -0.860. The lowest BCUT2D eigenvalue weighted by molar-refractivity contribution is 0.273. The Morgan fingerprint density at radius 2 is 1.88 bits per heavy atom. The van der Waals surface area contributed by atoms with Crippen molar-refractivity contribution in [2.45, 2.75) is 52.1 Å². The van der Waals surface area contributed by atoms with Gasteiger partial charge in [0.05, 0.1) is 0 Å². The highest BCUT2D eigenvalue weighted by molar-refractivity contribution is 5.24. The van der Waals surface area contributed by atoms with E-state index in [1.54, 1.807) is 0 Å². The van der Waals surface area contributed by atoms with Crippen molar-refractivity contribution in [1.29, 1.82) is 0 Å². The molecule has 2 N–H and O–H groups in total. The Labute approximate surface area is 105 Å². The highest BCUT2D eigenvalue weighted by Crippen LogP contribution is 2.18. The molecule has 0 saturated heterocycles. The second kappa shape index (κ2) is 7.46. The molecule has 2 unspecified atom stereocenters. The molecule has 2 nitrogen and oxygen atoms in total. The first-order valence-electron chi connectivity index (χ1n) is 6.60. The summed E-state index contributed by atoms with van der Waals surface area (Å²) in [5.74, 6) is 0. The van der Waals surface area contributed by atoms with Crippen LogP contribution in [0, 0.1) is 6.92 Å². The summed E-state index contributed by atoms with van der Waals surface area (Å²) in [6.45, 7) is 6.79. The molecule has 0 aromatic heterocycles. The molecule has 1 aromatic rings. The van der Waals surface area contributed by atoms with Crippen LogP contribution in [-0.2, 0) is 0 Å². The predicted molar refractivity (Wildman–Crippen MR) is 73.1 cm³/mol. The lowest BCUT2D eigenvalue weighted by atomic mass is 10.0. The zero-order valence-corrected chi connectivity index (χ0v) is 11.2. The molecule has 0 fully saturated rings. The van der Waals surface area contributed by atoms with Crippen molar-refractivity contribution in [2.24, 2.45) is 0 Å². The molecule has 0 aliphatic carbocycles. The Balaban J connectivity index is 2.56. The highest BCUT2D eigenvalue weighted by Gasteiger charge is 2.11. The minimum absolute atomic E-state index is 0.285. The van der Waals surface area contributed by atoms with Crippen molar-refractivity contribution in [3.8, 4) is 0 Å². The lowest BCUT2D eigenvalue weighted by Crippen LogP contribution is -2.30. The Bertz CT molecular complexity index is 307. The Morgan fingerprint density at radius 1 is 1.24 bits per heavy atom. The largest absolute Gasteiger partial charge is 0.396 e. The number of nitrogens with one attached hydrogen (secondary N) is 1. The zero-order valence-electron chi connectivity index (χ0n) is 11.2. The molecule has 0 spiro atoms. The molecule has 0 saturated carbocycles. The third-order valence-corrected chi connectivity index (χ3v) is 3.17. The van der Waals surface area contributed by atoms with Crippen molar-refractivity contribution in [2.75, 3.05) is 6.61 Å². The van der Waals surface area contributed by atoms with E-state index in [1.165, 1.54) is 11.1 Å². The Morgan fingerprint density at radius 3 is 2.41 bits per heavy atom. The molecule has 0 amide bonds. The highest BCUT2D eigenvalue weighted by atomic mass is 16.2. The molecule has 0 aliphatic rings. The Kier molecular flexibility index (Phi) is 6.23. The summed E-state index contributed by atoms with van der Waals surface area (Å²) in [5, 5.41) is 12.5. The number of aliphatic hydroxyl groups excluding tert-OH is 1. The van der Waals surface area contributed by atoms with Gasteiger partial charge in [0.1, 0.15) is 0 Å². The summed E-state index contributed by atoms with van der Waals surface area (Å²) >= 11 is 0. The summed E-state index contributed by atoms with van der Waals surface area (Å²) < 4.78 is 0. The number of aryl methyl sites for hydroxylation is 1. The van der Waals surface area contributed by atoms with E-state index in [1.807, 2.05) is 0 Å². The van der Waals surface area contributed by atoms with Crippen LogP contribution in [0.3, 0.4) is 0 Å². The van der Waals surface area contributed by atoms with E-state index < -0.39 is 0 Å². The van der Waals surface area contributed by atoms with Crippen molar-refractivity contribution < 1.29 is 5.11 Å². The zero-order chi connectivity index (χ0) is 12.7. The second-order valence-electron chi connectivity index (χ2n) is 4.81. The first-order valence-corrected chi connectivity index (χ1v) is 6.60. The summed E-state index contributed by atoms with van der Waals surface area (Å²) in [4.78, 5) is 0. The predicted octanol–water partition coefficient (Wildman–Crippen LogP) is 3.20. The quantitative estimate of drug-likeness (QED) is 0.760.